The first kappa shape index (κ1) is 14.7. The van der Waals surface area contributed by atoms with Crippen LogP contribution in [0.2, 0.25) is 0 Å². The Balaban J connectivity index is 2.43. The molecule has 102 valence electrons. The molecule has 1 rings (SSSR count). The first-order valence-electron chi connectivity index (χ1n) is 5.89. The van der Waals surface area contributed by atoms with Crippen LogP contribution in [0.4, 0.5) is 0 Å². The Kier molecular flexibility index (Phi) is 5.53. The van der Waals surface area contributed by atoms with Crippen LogP contribution in [-0.2, 0) is 9.59 Å². The predicted molar refractivity (Wildman–Crippen MR) is 71.7 cm³/mol. The molecule has 0 saturated heterocycles. The van der Waals surface area contributed by atoms with Gasteiger partial charge in [0.1, 0.15) is 5.75 Å². The molecule has 2 amide bonds. The number of rotatable bonds is 4. The van der Waals surface area contributed by atoms with Crippen molar-refractivity contribution in [3.63, 3.8) is 0 Å². The lowest BCUT2D eigenvalue weighted by Gasteiger charge is -2.05. The van der Waals surface area contributed by atoms with Crippen LogP contribution in [0.5, 0.6) is 5.75 Å². The summed E-state index contributed by atoms with van der Waals surface area (Å²) in [6, 6.07) is 6.35. The molecule has 0 saturated carbocycles. The Morgan fingerprint density at radius 2 is 2.11 bits per heavy atom. The highest BCUT2D eigenvalue weighted by molar-refractivity contribution is 6.35. The summed E-state index contributed by atoms with van der Waals surface area (Å²) in [5.41, 5.74) is 2.72. The predicted octanol–water partition coefficient (Wildman–Crippen LogP) is 0.615. The topological polar surface area (TPSA) is 90.8 Å². The van der Waals surface area contributed by atoms with E-state index in [1.165, 1.54) is 18.3 Å². The lowest BCUT2D eigenvalue weighted by Crippen LogP contribution is -2.39. The van der Waals surface area contributed by atoms with Crippen molar-refractivity contribution < 1.29 is 14.7 Å². The second kappa shape index (κ2) is 7.15. The van der Waals surface area contributed by atoms with E-state index < -0.39 is 11.8 Å². The number of aromatic hydroxyl groups is 1. The molecule has 0 aliphatic rings. The van der Waals surface area contributed by atoms with Gasteiger partial charge >= 0.3 is 11.8 Å². The number of hydrazone groups is 1. The van der Waals surface area contributed by atoms with Gasteiger partial charge in [-0.2, -0.15) is 5.10 Å². The molecule has 3 N–H and O–H groups in total. The van der Waals surface area contributed by atoms with Gasteiger partial charge in [-0.05, 0) is 23.6 Å². The van der Waals surface area contributed by atoms with Crippen molar-refractivity contribution >= 4 is 18.0 Å². The molecule has 0 heterocycles. The van der Waals surface area contributed by atoms with Crippen LogP contribution in [0.1, 0.15) is 19.4 Å². The molecule has 0 aromatic heterocycles. The lowest BCUT2D eigenvalue weighted by molar-refractivity contribution is -0.139. The summed E-state index contributed by atoms with van der Waals surface area (Å²) in [5.74, 6) is -1.17. The third-order valence-electron chi connectivity index (χ3n) is 2.13. The fourth-order valence-electron chi connectivity index (χ4n) is 1.20. The molecule has 0 atom stereocenters. The fraction of sp³-hybridized carbons (Fsp3) is 0.308. The lowest BCUT2D eigenvalue weighted by atomic mass is 10.2. The summed E-state index contributed by atoms with van der Waals surface area (Å²) in [4.78, 5) is 22.6. The van der Waals surface area contributed by atoms with Gasteiger partial charge < -0.3 is 10.4 Å². The Morgan fingerprint density at radius 1 is 1.37 bits per heavy atom. The number of phenols is 1. The molecule has 1 aromatic carbocycles. The van der Waals surface area contributed by atoms with Crippen molar-refractivity contribution in [2.75, 3.05) is 6.54 Å². The van der Waals surface area contributed by atoms with Crippen LogP contribution in [0.15, 0.2) is 29.4 Å². The second-order valence-electron chi connectivity index (χ2n) is 4.40. The maximum atomic E-state index is 11.3. The molecule has 6 nitrogen and oxygen atoms in total. The second-order valence-corrected chi connectivity index (χ2v) is 4.40. The normalized spacial score (nSPS) is 10.7. The quantitative estimate of drug-likeness (QED) is 0.422. The standard InChI is InChI=1S/C13H17N3O3/c1-9(2)7-14-12(18)13(19)16-15-8-10-4-3-5-11(17)6-10/h3-6,8-9,17H,7H2,1-2H3,(H,14,18)(H,16,19)/b15-8-. The van der Waals surface area contributed by atoms with Gasteiger partial charge in [-0.3, -0.25) is 9.59 Å². The minimum Gasteiger partial charge on any atom is -0.508 e. The van der Waals surface area contributed by atoms with Gasteiger partial charge in [-0.25, -0.2) is 5.43 Å². The molecule has 0 unspecified atom stereocenters. The number of amides is 2. The molecule has 19 heavy (non-hydrogen) atoms. The van der Waals surface area contributed by atoms with Crippen LogP contribution in [0.3, 0.4) is 0 Å². The van der Waals surface area contributed by atoms with E-state index in [-0.39, 0.29) is 11.7 Å². The van der Waals surface area contributed by atoms with Crippen molar-refractivity contribution in [3.8, 4) is 5.75 Å². The van der Waals surface area contributed by atoms with Crippen LogP contribution < -0.4 is 10.7 Å². The molecule has 1 aromatic rings. The number of phenolic OH excluding ortho intramolecular Hbond substituents is 1. The zero-order valence-electron chi connectivity index (χ0n) is 10.9. The van der Waals surface area contributed by atoms with Crippen molar-refractivity contribution in [2.45, 2.75) is 13.8 Å². The smallest absolute Gasteiger partial charge is 0.329 e. The average Bonchev–Trinajstić information content (AvgIpc) is 2.35. The van der Waals surface area contributed by atoms with Crippen LogP contribution in [-0.4, -0.2) is 29.7 Å². The highest BCUT2D eigenvalue weighted by Gasteiger charge is 2.11. The van der Waals surface area contributed by atoms with E-state index >= 15 is 0 Å². The summed E-state index contributed by atoms with van der Waals surface area (Å²) in [5, 5.41) is 15.3. The Labute approximate surface area is 111 Å². The first-order valence-corrected chi connectivity index (χ1v) is 5.89. The summed E-state index contributed by atoms with van der Waals surface area (Å²) in [7, 11) is 0. The van der Waals surface area contributed by atoms with Crippen molar-refractivity contribution in [3.05, 3.63) is 29.8 Å². The number of nitrogens with one attached hydrogen (secondary N) is 2. The molecule has 0 aliphatic carbocycles. The van der Waals surface area contributed by atoms with E-state index in [0.29, 0.717) is 12.1 Å². The largest absolute Gasteiger partial charge is 0.508 e. The maximum Gasteiger partial charge on any atom is 0.329 e. The highest BCUT2D eigenvalue weighted by atomic mass is 16.3. The van der Waals surface area contributed by atoms with Gasteiger partial charge in [0.05, 0.1) is 6.21 Å². The zero-order chi connectivity index (χ0) is 14.3. The van der Waals surface area contributed by atoms with Crippen LogP contribution in [0.25, 0.3) is 0 Å². The van der Waals surface area contributed by atoms with Gasteiger partial charge in [0.2, 0.25) is 0 Å². The Bertz CT molecular complexity index is 484. The van der Waals surface area contributed by atoms with Crippen LogP contribution in [0, 0.1) is 5.92 Å². The summed E-state index contributed by atoms with van der Waals surface area (Å²) >= 11 is 0. The van der Waals surface area contributed by atoms with Gasteiger partial charge in [-0.15, -0.1) is 0 Å². The molecule has 0 fully saturated rings. The van der Waals surface area contributed by atoms with E-state index in [1.807, 2.05) is 13.8 Å². The third kappa shape index (κ3) is 5.67. The Hall–Kier alpha value is -2.37. The van der Waals surface area contributed by atoms with Crippen molar-refractivity contribution in [1.82, 2.24) is 10.7 Å². The van der Waals surface area contributed by atoms with Crippen LogP contribution >= 0.6 is 0 Å². The fourth-order valence-corrected chi connectivity index (χ4v) is 1.20. The Morgan fingerprint density at radius 3 is 2.74 bits per heavy atom. The molecule has 0 radical (unpaired) electrons. The number of hydrogen-bond acceptors (Lipinski definition) is 4. The van der Waals surface area contributed by atoms with Crippen molar-refractivity contribution in [1.29, 1.82) is 0 Å². The van der Waals surface area contributed by atoms with E-state index in [0.717, 1.165) is 0 Å². The molecule has 0 spiro atoms. The number of nitrogens with zero attached hydrogens (tertiary/aromatic N) is 1. The summed E-state index contributed by atoms with van der Waals surface area (Å²) < 4.78 is 0. The van der Waals surface area contributed by atoms with Crippen molar-refractivity contribution in [2.24, 2.45) is 11.0 Å². The molecule has 0 aliphatic heterocycles. The minimum absolute atomic E-state index is 0.102. The minimum atomic E-state index is -0.822. The molecule has 6 heteroatoms. The number of carbonyl (C=O) groups excluding carboxylic acids is 2. The molecular weight excluding hydrogens is 246 g/mol. The number of hydrogen-bond donors (Lipinski definition) is 3. The van der Waals surface area contributed by atoms with E-state index in [4.69, 9.17) is 0 Å². The highest BCUT2D eigenvalue weighted by Crippen LogP contribution is 2.08. The maximum absolute atomic E-state index is 11.3. The van der Waals surface area contributed by atoms with Gasteiger partial charge in [0.25, 0.3) is 0 Å². The van der Waals surface area contributed by atoms with Gasteiger partial charge in [0, 0.05) is 6.54 Å². The summed E-state index contributed by atoms with van der Waals surface area (Å²) in [6.45, 7) is 4.29. The van der Waals surface area contributed by atoms with Gasteiger partial charge in [-0.1, -0.05) is 26.0 Å². The monoisotopic (exact) mass is 263 g/mol. The van der Waals surface area contributed by atoms with E-state index in [9.17, 15) is 14.7 Å². The average molecular weight is 263 g/mol. The number of carbonyl (C=O) groups is 2. The third-order valence-corrected chi connectivity index (χ3v) is 2.13. The SMILES string of the molecule is CC(C)CNC(=O)C(=O)N/N=C\c1cccc(O)c1. The molecule has 0 bridgehead atoms. The van der Waals surface area contributed by atoms with E-state index in [2.05, 4.69) is 15.8 Å². The molecular formula is C13H17N3O3. The zero-order valence-corrected chi connectivity index (χ0v) is 10.9. The van der Waals surface area contributed by atoms with Gasteiger partial charge in [0.15, 0.2) is 0 Å². The summed E-state index contributed by atoms with van der Waals surface area (Å²) in [6.07, 6.45) is 1.34. The number of benzene rings is 1. The first-order chi connectivity index (χ1) is 8.99. The van der Waals surface area contributed by atoms with E-state index in [1.54, 1.807) is 12.1 Å².